The van der Waals surface area contributed by atoms with Gasteiger partial charge in [-0.1, -0.05) is 103 Å². The number of methoxy groups -OCH3 is 1. The van der Waals surface area contributed by atoms with Crippen LogP contribution in [-0.2, 0) is 49.8 Å². The number of benzene rings is 5. The number of pyridine rings is 4. The molecule has 10 N–H and O–H groups in total. The van der Waals surface area contributed by atoms with Gasteiger partial charge in [0.1, 0.15) is 51.7 Å². The van der Waals surface area contributed by atoms with Gasteiger partial charge in [0.2, 0.25) is 5.91 Å². The van der Waals surface area contributed by atoms with E-state index in [-0.39, 0.29) is 36.1 Å². The van der Waals surface area contributed by atoms with Crippen LogP contribution in [0.25, 0.3) is 49.7 Å². The number of amides is 1. The van der Waals surface area contributed by atoms with Gasteiger partial charge in [-0.25, -0.2) is 36.1 Å². The molecule has 9 rings (SSSR count). The molecule has 4 heterocycles. The van der Waals surface area contributed by atoms with Crippen LogP contribution in [0, 0.1) is 0 Å². The summed E-state index contributed by atoms with van der Waals surface area (Å²) in [6, 6.07) is 45.9. The molecule has 0 saturated carbocycles. The first-order chi connectivity index (χ1) is 36.3. The molecule has 0 fully saturated rings. The number of hydroxylamine groups is 1. The van der Waals surface area contributed by atoms with Crippen LogP contribution in [0.4, 0.5) is 0 Å². The summed E-state index contributed by atoms with van der Waals surface area (Å²) in [4.78, 5) is 60.3. The number of phenols is 3. The van der Waals surface area contributed by atoms with Crippen LogP contribution in [0.1, 0.15) is 47.6 Å². The van der Waals surface area contributed by atoms with E-state index in [4.69, 9.17) is 25.4 Å². The number of aryl methyl sites for hydroxylation is 3. The lowest BCUT2D eigenvalue weighted by Gasteiger charge is -2.09. The highest BCUT2D eigenvalue weighted by Crippen LogP contribution is 2.27. The number of para-hydroxylation sites is 4. The Kier molecular flexibility index (Phi) is 21.8. The monoisotopic (exact) mass is 1020 g/mol. The summed E-state index contributed by atoms with van der Waals surface area (Å²) in [5.41, 5.74) is 7.69. The molecule has 0 bridgehead atoms. The van der Waals surface area contributed by atoms with Crippen molar-refractivity contribution in [2.45, 2.75) is 45.1 Å². The molecule has 0 aliphatic rings. The van der Waals surface area contributed by atoms with Gasteiger partial charge in [0.05, 0.1) is 25.6 Å². The molecule has 9 aromatic rings. The van der Waals surface area contributed by atoms with E-state index in [2.05, 4.69) is 30.6 Å². The average Bonchev–Trinajstić information content (AvgIpc) is 3.44. The highest BCUT2D eigenvalue weighted by molar-refractivity contribution is 5.89. The van der Waals surface area contributed by atoms with E-state index in [1.807, 2.05) is 97.1 Å². The zero-order valence-electron chi connectivity index (χ0n) is 40.5. The maximum absolute atomic E-state index is 11.0. The van der Waals surface area contributed by atoms with E-state index >= 15 is 0 Å². The van der Waals surface area contributed by atoms with Gasteiger partial charge in [-0.05, 0) is 66.6 Å². The van der Waals surface area contributed by atoms with Crippen LogP contribution >= 0.6 is 0 Å². The van der Waals surface area contributed by atoms with Gasteiger partial charge in [-0.2, -0.15) is 0 Å². The van der Waals surface area contributed by atoms with Crippen molar-refractivity contribution in [3.8, 4) is 23.0 Å². The minimum absolute atomic E-state index is 0.0477. The molecule has 0 radical (unpaired) electrons. The summed E-state index contributed by atoms with van der Waals surface area (Å²) in [6.07, 6.45) is 4.34. The van der Waals surface area contributed by atoms with Crippen molar-refractivity contribution in [1.82, 2.24) is 25.4 Å². The summed E-state index contributed by atoms with van der Waals surface area (Å²) >= 11 is 0. The lowest BCUT2D eigenvalue weighted by Crippen LogP contribution is -2.18. The number of phenolic OH excluding ortho intramolecular Hbond substituents is 3. The topological polar surface area (TPSA) is 318 Å². The standard InChI is InChI=1S/C19H15NO3.C13H13NO3.C12H12N2O3.C12H11NO3.H3NO/c21-18(22)12-11-16-10-9-15-7-4-8-17(19(15)20-16)23-13-14-5-2-1-3-6-14;1-17-12(16)8-7-10-6-5-9-3-2-4-11(15)13(9)14-10;15-10-3-1-2-8-4-5-9(13-12(8)10)6-7-11(16)14-17;14-10-3-1-2-8-4-5-9(13-12(8)10)6-7-11(15)16;1-2/h1-12H,13H2,(H,21,22);2-6,15H,7-8H2,1H3;1-5,15,17H,6-7H2,(H,14,16);1-5,14H,6-7H2,(H,15,16);2H,1H2/b12-11+;;;;. The van der Waals surface area contributed by atoms with Crippen molar-refractivity contribution < 1.29 is 64.6 Å². The summed E-state index contributed by atoms with van der Waals surface area (Å²) in [5, 5.41) is 64.6. The second-order valence-corrected chi connectivity index (χ2v) is 16.0. The molecule has 0 spiro atoms. The molecule has 0 aliphatic carbocycles. The first-order valence-electron chi connectivity index (χ1n) is 23.0. The van der Waals surface area contributed by atoms with Gasteiger partial charge in [0.15, 0.2) is 0 Å². The average molecular weight is 1020 g/mol. The fourth-order valence-corrected chi connectivity index (χ4v) is 7.03. The second-order valence-electron chi connectivity index (χ2n) is 16.0. The Morgan fingerprint density at radius 2 is 0.987 bits per heavy atom. The SMILES string of the molecule is COC(=O)CCc1ccc2cccc(O)c2n1.NO.O=C(CCc1ccc2cccc(O)c2n1)NO.O=C(O)/C=C/c1ccc2cccc(OCc3ccccc3)c2n1.O=C(O)CCc1ccc2cccc(O)c2n1. The normalized spacial score (nSPS) is 10.4. The van der Waals surface area contributed by atoms with Crippen molar-refractivity contribution in [3.05, 3.63) is 186 Å². The number of nitrogens with two attached hydrogens (primary N) is 1. The van der Waals surface area contributed by atoms with Crippen molar-refractivity contribution in [3.63, 3.8) is 0 Å². The number of nitrogens with zero attached hydrogens (tertiary/aromatic N) is 4. The van der Waals surface area contributed by atoms with Crippen molar-refractivity contribution >= 4 is 73.5 Å². The number of aliphatic carboxylic acids is 2. The van der Waals surface area contributed by atoms with Gasteiger partial charge in [0, 0.05) is 64.0 Å². The minimum Gasteiger partial charge on any atom is -0.506 e. The maximum Gasteiger partial charge on any atom is 0.328 e. The predicted molar refractivity (Wildman–Crippen MR) is 280 cm³/mol. The van der Waals surface area contributed by atoms with Crippen LogP contribution in [0.3, 0.4) is 0 Å². The van der Waals surface area contributed by atoms with Crippen molar-refractivity contribution in [2.75, 3.05) is 7.11 Å². The Hall–Kier alpha value is -9.56. The van der Waals surface area contributed by atoms with Crippen molar-refractivity contribution in [1.29, 1.82) is 0 Å². The summed E-state index contributed by atoms with van der Waals surface area (Å²) in [7, 11) is 1.36. The highest BCUT2D eigenvalue weighted by atomic mass is 16.5. The number of carboxylic acids is 2. The van der Waals surface area contributed by atoms with Crippen LogP contribution in [-0.4, -0.2) is 86.8 Å². The largest absolute Gasteiger partial charge is 0.506 e. The minimum atomic E-state index is -1.000. The third kappa shape index (κ3) is 17.6. The number of aromatic nitrogens is 4. The quantitative estimate of drug-likeness (QED) is 0.0213. The summed E-state index contributed by atoms with van der Waals surface area (Å²) < 4.78 is 10.5. The molecule has 0 atom stereocenters. The number of rotatable bonds is 14. The molecule has 75 heavy (non-hydrogen) atoms. The number of carbonyl (C=O) groups excluding carboxylic acids is 2. The Bertz CT molecular complexity index is 3290. The van der Waals surface area contributed by atoms with Crippen LogP contribution in [0.2, 0.25) is 0 Å². The van der Waals surface area contributed by atoms with E-state index < -0.39 is 17.8 Å². The third-order valence-corrected chi connectivity index (χ3v) is 10.7. The Labute approximate surface area is 429 Å². The lowest BCUT2D eigenvalue weighted by molar-refractivity contribution is -0.140. The lowest BCUT2D eigenvalue weighted by atomic mass is 10.1. The fourth-order valence-electron chi connectivity index (χ4n) is 7.03. The third-order valence-electron chi connectivity index (χ3n) is 10.7. The van der Waals surface area contributed by atoms with Crippen LogP contribution in [0.15, 0.2) is 158 Å². The number of esters is 1. The van der Waals surface area contributed by atoms with Crippen LogP contribution < -0.4 is 16.1 Å². The first-order valence-corrected chi connectivity index (χ1v) is 23.0. The second kappa shape index (κ2) is 29.1. The predicted octanol–water partition coefficient (Wildman–Crippen LogP) is 8.63. The fraction of sp³-hybridized carbons (Fsp3) is 0.143. The van der Waals surface area contributed by atoms with Gasteiger partial charge in [-0.15, -0.1) is 0 Å². The molecule has 0 aliphatic heterocycles. The molecule has 0 unspecified atom stereocenters. The number of carbonyl (C=O) groups is 4. The first kappa shape index (κ1) is 56.4. The number of hydrogen-bond donors (Lipinski definition) is 9. The Morgan fingerprint density at radius 1 is 0.533 bits per heavy atom. The van der Waals surface area contributed by atoms with Crippen LogP contribution in [0.5, 0.6) is 23.0 Å². The van der Waals surface area contributed by atoms with Crippen molar-refractivity contribution in [2.24, 2.45) is 5.90 Å². The number of aromatic hydroxyl groups is 3. The molecular formula is C56H54N6O13. The van der Waals surface area contributed by atoms with E-state index in [1.54, 1.807) is 60.1 Å². The molecule has 5 aromatic carbocycles. The molecule has 19 nitrogen and oxygen atoms in total. The highest BCUT2D eigenvalue weighted by Gasteiger charge is 2.09. The van der Waals surface area contributed by atoms with E-state index in [0.29, 0.717) is 71.7 Å². The van der Waals surface area contributed by atoms with Gasteiger partial charge < -0.3 is 40.2 Å². The number of nitrogens with one attached hydrogen (secondary N) is 1. The van der Waals surface area contributed by atoms with Gasteiger partial charge in [0.25, 0.3) is 0 Å². The zero-order valence-corrected chi connectivity index (χ0v) is 40.5. The smallest absolute Gasteiger partial charge is 0.328 e. The Morgan fingerprint density at radius 3 is 1.45 bits per heavy atom. The van der Waals surface area contributed by atoms with Gasteiger partial charge >= 0.3 is 17.9 Å². The molecule has 4 aromatic heterocycles. The number of fused-ring (bicyclic) bond motifs is 4. The summed E-state index contributed by atoms with van der Waals surface area (Å²) in [5.74, 6) is 2.01. The van der Waals surface area contributed by atoms with Gasteiger partial charge in [-0.3, -0.25) is 19.6 Å². The van der Waals surface area contributed by atoms with E-state index in [9.17, 15) is 34.5 Å². The molecule has 19 heteroatoms. The number of hydrogen-bond acceptors (Lipinski definition) is 16. The molecular weight excluding hydrogens is 965 g/mol. The maximum atomic E-state index is 11.0. The molecule has 386 valence electrons. The molecule has 0 saturated heterocycles. The summed E-state index contributed by atoms with van der Waals surface area (Å²) in [6.45, 7) is 0.455. The number of carboxylic acid groups (broad SMARTS) is 2. The van der Waals surface area contributed by atoms with E-state index in [0.717, 1.165) is 44.4 Å². The van der Waals surface area contributed by atoms with E-state index in [1.165, 1.54) is 13.2 Å². The molecule has 1 amide bonds. The number of ether oxygens (including phenoxy) is 2. The Balaban J connectivity index is 0.000000185. The zero-order chi connectivity index (χ0) is 54.1.